The van der Waals surface area contributed by atoms with Crippen molar-refractivity contribution in [1.82, 2.24) is 4.90 Å². The number of ketones is 1. The van der Waals surface area contributed by atoms with E-state index < -0.39 is 64.0 Å². The lowest BCUT2D eigenvalue weighted by molar-refractivity contribution is -0.385. The minimum absolute atomic E-state index is 0.0309. The summed E-state index contributed by atoms with van der Waals surface area (Å²) in [4.78, 5) is 54.6. The van der Waals surface area contributed by atoms with Crippen LogP contribution in [0.25, 0.3) is 0 Å². The molecule has 0 radical (unpaired) electrons. The molecule has 4 aromatic rings. The molecule has 264 valence electrons. The van der Waals surface area contributed by atoms with Crippen molar-refractivity contribution in [3.8, 4) is 5.75 Å². The molecule has 1 amide bonds. The SMILES string of the molecule is CCOc1cccc(CN2[C@@H](CC(=O)c3cc(C)c(C(=O)OC)cc3[N+](=O)[O-])[C@@H](N)[C@H](c3cccc(Cl)c3F)[C@]23C(=O)Nc2cc(Cl)ccc23)c1. The Morgan fingerprint density at radius 1 is 1.08 bits per heavy atom. The molecule has 2 aliphatic heterocycles. The van der Waals surface area contributed by atoms with Crippen LogP contribution in [0.5, 0.6) is 5.75 Å². The van der Waals surface area contributed by atoms with Gasteiger partial charge in [-0.2, -0.15) is 0 Å². The number of anilines is 1. The van der Waals surface area contributed by atoms with Crippen LogP contribution < -0.4 is 15.8 Å². The van der Waals surface area contributed by atoms with Crippen LogP contribution >= 0.6 is 23.2 Å². The number of amides is 1. The molecule has 1 saturated heterocycles. The molecule has 2 aliphatic rings. The summed E-state index contributed by atoms with van der Waals surface area (Å²) in [6.07, 6.45) is -0.416. The number of halogens is 3. The highest BCUT2D eigenvalue weighted by molar-refractivity contribution is 6.31. The normalized spacial score (nSPS) is 21.0. The van der Waals surface area contributed by atoms with Crippen LogP contribution in [0.2, 0.25) is 10.0 Å². The number of likely N-dealkylation sites (tertiary alicyclic amines) is 1. The van der Waals surface area contributed by atoms with E-state index >= 15 is 4.39 Å². The zero-order valence-corrected chi connectivity index (χ0v) is 29.3. The molecule has 51 heavy (non-hydrogen) atoms. The third kappa shape index (κ3) is 6.12. The molecular formula is C37H33Cl2FN4O7. The van der Waals surface area contributed by atoms with Gasteiger partial charge in [-0.25, -0.2) is 9.18 Å². The lowest BCUT2D eigenvalue weighted by Gasteiger charge is -2.39. The number of nitro benzene ring substituents is 1. The maximum absolute atomic E-state index is 16.1. The number of benzene rings is 4. The molecule has 0 aromatic heterocycles. The number of rotatable bonds is 10. The molecule has 2 heterocycles. The summed E-state index contributed by atoms with van der Waals surface area (Å²) in [5.41, 5.74) is 6.35. The van der Waals surface area contributed by atoms with Crippen molar-refractivity contribution in [1.29, 1.82) is 0 Å². The van der Waals surface area contributed by atoms with Gasteiger partial charge in [-0.1, -0.05) is 53.5 Å². The number of nitrogens with zero attached hydrogens (tertiary/aromatic N) is 2. The zero-order valence-electron chi connectivity index (χ0n) is 27.7. The largest absolute Gasteiger partial charge is 0.494 e. The van der Waals surface area contributed by atoms with Gasteiger partial charge in [-0.05, 0) is 66.9 Å². The number of nitrogens with two attached hydrogens (primary N) is 1. The third-order valence-corrected chi connectivity index (χ3v) is 10.2. The Bertz CT molecular complexity index is 2100. The van der Waals surface area contributed by atoms with E-state index in [0.29, 0.717) is 34.2 Å². The summed E-state index contributed by atoms with van der Waals surface area (Å²) in [6.45, 7) is 3.81. The van der Waals surface area contributed by atoms with E-state index in [0.717, 1.165) is 13.2 Å². The molecule has 6 rings (SSSR count). The Labute approximate surface area is 302 Å². The molecular weight excluding hydrogens is 702 g/mol. The van der Waals surface area contributed by atoms with Crippen molar-refractivity contribution in [2.45, 2.75) is 50.4 Å². The summed E-state index contributed by atoms with van der Waals surface area (Å²) in [5.74, 6) is -3.31. The van der Waals surface area contributed by atoms with Gasteiger partial charge in [0.25, 0.3) is 5.69 Å². The van der Waals surface area contributed by atoms with Gasteiger partial charge < -0.3 is 20.5 Å². The van der Waals surface area contributed by atoms with Crippen molar-refractivity contribution in [2.75, 3.05) is 19.0 Å². The molecule has 4 aromatic carbocycles. The lowest BCUT2D eigenvalue weighted by atomic mass is 9.73. The molecule has 0 aliphatic carbocycles. The van der Waals surface area contributed by atoms with Gasteiger partial charge in [0.15, 0.2) is 5.78 Å². The molecule has 3 N–H and O–H groups in total. The molecule has 0 unspecified atom stereocenters. The number of esters is 1. The highest BCUT2D eigenvalue weighted by Gasteiger charge is 2.66. The molecule has 4 atom stereocenters. The van der Waals surface area contributed by atoms with Crippen LogP contribution in [-0.4, -0.2) is 53.3 Å². The number of hydrogen-bond donors (Lipinski definition) is 2. The maximum atomic E-state index is 16.1. The van der Waals surface area contributed by atoms with Gasteiger partial charge in [0.1, 0.15) is 17.1 Å². The fourth-order valence-corrected chi connectivity index (χ4v) is 7.87. The number of carbonyl (C=O) groups excluding carboxylic acids is 3. The topological polar surface area (TPSA) is 154 Å². The van der Waals surface area contributed by atoms with Crippen LogP contribution in [0.1, 0.15) is 62.2 Å². The van der Waals surface area contributed by atoms with Crippen molar-refractivity contribution >= 4 is 52.2 Å². The molecule has 0 bridgehead atoms. The first-order chi connectivity index (χ1) is 24.3. The molecule has 11 nitrogen and oxygen atoms in total. The molecule has 0 saturated carbocycles. The van der Waals surface area contributed by atoms with Crippen molar-refractivity contribution in [2.24, 2.45) is 5.73 Å². The first-order valence-corrected chi connectivity index (χ1v) is 16.8. The number of Topliss-reactive ketones (excluding diaryl/α,β-unsaturated/α-hetero) is 1. The second-order valence-electron chi connectivity index (χ2n) is 12.4. The van der Waals surface area contributed by atoms with Gasteiger partial charge in [0, 0.05) is 53.3 Å². The lowest BCUT2D eigenvalue weighted by Crippen LogP contribution is -2.52. The number of nitro groups is 1. The fraction of sp³-hybridized carbons (Fsp3) is 0.270. The maximum Gasteiger partial charge on any atom is 0.338 e. The first-order valence-electron chi connectivity index (χ1n) is 16.0. The number of ether oxygens (including phenoxy) is 2. The standard InChI is InChI=1S/C37H33Cl2FN4O7/c1-4-51-22-8-5-7-20(14-22)18-43-30(17-31(45)25-13-19(2)24(35(46)50-3)16-29(25)44(48)49)34(41)32(23-9-6-10-27(39)33(23)40)37(43)26-12-11-21(38)15-28(26)42-36(37)47/h5-16,30,32,34H,4,17-18,41H2,1-3H3,(H,42,47)/t30-,32-,34+,37+/m0/s1. The van der Waals surface area contributed by atoms with E-state index in [9.17, 15) is 24.5 Å². The number of methoxy groups -OCH3 is 1. The number of nitrogens with one attached hydrogen (secondary N) is 1. The zero-order chi connectivity index (χ0) is 36.8. The van der Waals surface area contributed by atoms with Crippen molar-refractivity contribution < 1.29 is 33.2 Å². The highest BCUT2D eigenvalue weighted by atomic mass is 35.5. The van der Waals surface area contributed by atoms with Crippen molar-refractivity contribution in [3.63, 3.8) is 0 Å². The van der Waals surface area contributed by atoms with Crippen LogP contribution in [0.3, 0.4) is 0 Å². The second-order valence-corrected chi connectivity index (χ2v) is 13.3. The molecule has 1 spiro atoms. The van der Waals surface area contributed by atoms with Crippen LogP contribution in [-0.2, 0) is 21.6 Å². The van der Waals surface area contributed by atoms with Gasteiger partial charge >= 0.3 is 5.97 Å². The Balaban J connectivity index is 1.57. The number of hydrogen-bond acceptors (Lipinski definition) is 9. The summed E-state index contributed by atoms with van der Waals surface area (Å²) in [5, 5.41) is 15.3. The van der Waals surface area contributed by atoms with Gasteiger partial charge in [-0.15, -0.1) is 0 Å². The Morgan fingerprint density at radius 3 is 2.53 bits per heavy atom. The Kier molecular flexibility index (Phi) is 9.88. The Hall–Kier alpha value is -4.88. The smallest absolute Gasteiger partial charge is 0.338 e. The van der Waals surface area contributed by atoms with Crippen LogP contribution in [0.4, 0.5) is 15.8 Å². The van der Waals surface area contributed by atoms with E-state index in [1.807, 2.05) is 13.0 Å². The molecule has 14 heteroatoms. The predicted octanol–water partition coefficient (Wildman–Crippen LogP) is 6.95. The fourth-order valence-electron chi connectivity index (χ4n) is 7.51. The van der Waals surface area contributed by atoms with E-state index in [2.05, 4.69) is 5.32 Å². The quantitative estimate of drug-likeness (QED) is 0.0762. The summed E-state index contributed by atoms with van der Waals surface area (Å²) < 4.78 is 26.7. The second kappa shape index (κ2) is 14.0. The van der Waals surface area contributed by atoms with E-state index in [-0.39, 0.29) is 33.8 Å². The number of fused-ring (bicyclic) bond motifs is 2. The Morgan fingerprint density at radius 2 is 1.82 bits per heavy atom. The van der Waals surface area contributed by atoms with Gasteiger partial charge in [-0.3, -0.25) is 24.6 Å². The number of carbonyl (C=O) groups is 3. The van der Waals surface area contributed by atoms with E-state index in [4.69, 9.17) is 38.4 Å². The summed E-state index contributed by atoms with van der Waals surface area (Å²) in [7, 11) is 1.15. The third-order valence-electron chi connectivity index (χ3n) is 9.64. The van der Waals surface area contributed by atoms with E-state index in [1.54, 1.807) is 47.4 Å². The monoisotopic (exact) mass is 734 g/mol. The average Bonchev–Trinajstić information content (AvgIpc) is 3.50. The highest BCUT2D eigenvalue weighted by Crippen LogP contribution is 2.58. The minimum Gasteiger partial charge on any atom is -0.494 e. The van der Waals surface area contributed by atoms with Crippen LogP contribution in [0, 0.1) is 22.9 Å². The van der Waals surface area contributed by atoms with E-state index in [1.165, 1.54) is 25.1 Å². The number of aryl methyl sites for hydroxylation is 1. The summed E-state index contributed by atoms with van der Waals surface area (Å²) in [6, 6.07) is 16.7. The average molecular weight is 736 g/mol. The molecule has 1 fully saturated rings. The van der Waals surface area contributed by atoms with Crippen LogP contribution in [0.15, 0.2) is 72.8 Å². The van der Waals surface area contributed by atoms with Gasteiger partial charge in [0.2, 0.25) is 5.91 Å². The first kappa shape index (κ1) is 35.9. The van der Waals surface area contributed by atoms with Crippen molar-refractivity contribution in [3.05, 3.63) is 132 Å². The van der Waals surface area contributed by atoms with Gasteiger partial charge in [0.05, 0.1) is 34.8 Å². The summed E-state index contributed by atoms with van der Waals surface area (Å²) >= 11 is 12.7. The predicted molar refractivity (Wildman–Crippen MR) is 189 cm³/mol. The minimum atomic E-state index is -1.70.